The van der Waals surface area contributed by atoms with Crippen LogP contribution in [0.1, 0.15) is 29.9 Å². The molecule has 0 saturated carbocycles. The Labute approximate surface area is 209 Å². The van der Waals surface area contributed by atoms with Gasteiger partial charge in [-0.05, 0) is 63.9 Å². The summed E-state index contributed by atoms with van der Waals surface area (Å²) in [7, 11) is 1.82. The molecule has 5 rings (SSSR count). The maximum Gasteiger partial charge on any atom is 0.295 e. The van der Waals surface area contributed by atoms with Crippen molar-refractivity contribution in [3.8, 4) is 11.5 Å². The van der Waals surface area contributed by atoms with Gasteiger partial charge in [-0.15, -0.1) is 10.2 Å². The molecule has 1 aromatic carbocycles. The molecule has 0 spiro atoms. The maximum atomic E-state index is 13.2. The van der Waals surface area contributed by atoms with Crippen LogP contribution in [0, 0.1) is 26.7 Å². The van der Waals surface area contributed by atoms with Crippen LogP contribution in [0.4, 0.5) is 11.5 Å². The average molecular weight is 487 g/mol. The van der Waals surface area contributed by atoms with Crippen molar-refractivity contribution in [2.75, 3.05) is 23.3 Å². The Kier molecular flexibility index (Phi) is 6.17. The second-order valence-corrected chi connectivity index (χ2v) is 9.30. The number of nitrogens with one attached hydrogen (secondary N) is 1. The fourth-order valence-corrected chi connectivity index (χ4v) is 4.80. The minimum Gasteiger partial charge on any atom is -0.354 e. The van der Waals surface area contributed by atoms with Crippen LogP contribution in [-0.4, -0.2) is 48.3 Å². The first-order valence-electron chi connectivity index (χ1n) is 12.1. The molecule has 10 nitrogen and oxygen atoms in total. The number of carbonyl (C=O) groups is 1. The van der Waals surface area contributed by atoms with Gasteiger partial charge in [0, 0.05) is 25.8 Å². The van der Waals surface area contributed by atoms with Crippen LogP contribution in [-0.2, 0) is 11.8 Å². The summed E-state index contributed by atoms with van der Waals surface area (Å²) in [6, 6.07) is 15.2. The fraction of sp³-hybridized carbons (Fsp3) is 0.346. The SMILES string of the molecule is Cc1cc(C)n(-c2ccc(N3CCCC(C(=O)Nc4c(C)n(C)n(-c5ccccc5)c4=O)C3)nn2)n1. The minimum absolute atomic E-state index is 0.155. The number of aryl methyl sites for hydroxylation is 2. The van der Waals surface area contributed by atoms with Gasteiger partial charge in [-0.25, -0.2) is 9.36 Å². The molecule has 1 unspecified atom stereocenters. The van der Waals surface area contributed by atoms with E-state index >= 15 is 0 Å². The zero-order valence-corrected chi connectivity index (χ0v) is 21.0. The quantitative estimate of drug-likeness (QED) is 0.465. The van der Waals surface area contributed by atoms with E-state index in [-0.39, 0.29) is 17.4 Å². The number of carbonyl (C=O) groups excluding carboxylic acids is 1. The molecule has 10 heteroatoms. The Balaban J connectivity index is 1.31. The highest BCUT2D eigenvalue weighted by atomic mass is 16.2. The van der Waals surface area contributed by atoms with Gasteiger partial charge in [0.25, 0.3) is 5.56 Å². The Hall–Kier alpha value is -4.21. The van der Waals surface area contributed by atoms with E-state index in [4.69, 9.17) is 0 Å². The summed E-state index contributed by atoms with van der Waals surface area (Å²) in [5.74, 6) is 0.961. The van der Waals surface area contributed by atoms with Crippen LogP contribution < -0.4 is 15.8 Å². The zero-order chi connectivity index (χ0) is 25.4. The van der Waals surface area contributed by atoms with Crippen molar-refractivity contribution in [1.82, 2.24) is 29.3 Å². The normalized spacial score (nSPS) is 15.8. The van der Waals surface area contributed by atoms with Crippen LogP contribution in [0.25, 0.3) is 11.5 Å². The zero-order valence-electron chi connectivity index (χ0n) is 21.0. The lowest BCUT2D eigenvalue weighted by Crippen LogP contribution is -2.41. The third-order valence-corrected chi connectivity index (χ3v) is 6.78. The largest absolute Gasteiger partial charge is 0.354 e. The van der Waals surface area contributed by atoms with E-state index in [0.29, 0.717) is 23.7 Å². The number of benzene rings is 1. The number of anilines is 2. The van der Waals surface area contributed by atoms with Crippen molar-refractivity contribution in [3.63, 3.8) is 0 Å². The molecule has 36 heavy (non-hydrogen) atoms. The molecular formula is C26H30N8O2. The highest BCUT2D eigenvalue weighted by molar-refractivity contribution is 5.93. The molecule has 4 heterocycles. The topological polar surface area (TPSA) is 103 Å². The van der Waals surface area contributed by atoms with Gasteiger partial charge in [-0.2, -0.15) is 5.10 Å². The minimum atomic E-state index is -0.264. The summed E-state index contributed by atoms with van der Waals surface area (Å²) in [6.07, 6.45) is 1.60. The summed E-state index contributed by atoms with van der Waals surface area (Å²) in [5.41, 5.74) is 3.44. The molecule has 1 amide bonds. The molecule has 3 aromatic heterocycles. The Morgan fingerprint density at radius 1 is 1.03 bits per heavy atom. The van der Waals surface area contributed by atoms with Crippen LogP contribution in [0.15, 0.2) is 53.3 Å². The molecule has 1 fully saturated rings. The van der Waals surface area contributed by atoms with Gasteiger partial charge in [0.15, 0.2) is 11.6 Å². The monoisotopic (exact) mass is 486 g/mol. The molecule has 1 atom stereocenters. The molecule has 0 aliphatic carbocycles. The Morgan fingerprint density at radius 2 is 1.75 bits per heavy atom. The Bertz CT molecular complexity index is 1450. The van der Waals surface area contributed by atoms with E-state index in [9.17, 15) is 9.59 Å². The summed E-state index contributed by atoms with van der Waals surface area (Å²) < 4.78 is 5.10. The van der Waals surface area contributed by atoms with Crippen LogP contribution >= 0.6 is 0 Å². The molecule has 0 radical (unpaired) electrons. The van der Waals surface area contributed by atoms with Gasteiger partial charge < -0.3 is 10.2 Å². The van der Waals surface area contributed by atoms with E-state index in [2.05, 4.69) is 25.5 Å². The molecular weight excluding hydrogens is 456 g/mol. The number of hydrogen-bond donors (Lipinski definition) is 1. The third-order valence-electron chi connectivity index (χ3n) is 6.78. The number of para-hydroxylation sites is 1. The van der Waals surface area contributed by atoms with Crippen molar-refractivity contribution in [1.29, 1.82) is 0 Å². The lowest BCUT2D eigenvalue weighted by atomic mass is 9.97. The molecule has 1 aliphatic heterocycles. The third kappa shape index (κ3) is 4.30. The summed E-state index contributed by atoms with van der Waals surface area (Å²) >= 11 is 0. The number of aromatic nitrogens is 6. The predicted molar refractivity (Wildman–Crippen MR) is 138 cm³/mol. The van der Waals surface area contributed by atoms with Crippen molar-refractivity contribution >= 4 is 17.4 Å². The predicted octanol–water partition coefficient (Wildman–Crippen LogP) is 2.93. The van der Waals surface area contributed by atoms with Crippen LogP contribution in [0.5, 0.6) is 0 Å². The average Bonchev–Trinajstić information content (AvgIpc) is 3.34. The number of amides is 1. The second kappa shape index (κ2) is 9.44. The van der Waals surface area contributed by atoms with Crippen molar-refractivity contribution in [2.24, 2.45) is 13.0 Å². The highest BCUT2D eigenvalue weighted by Gasteiger charge is 2.29. The van der Waals surface area contributed by atoms with Crippen molar-refractivity contribution in [2.45, 2.75) is 33.6 Å². The summed E-state index contributed by atoms with van der Waals surface area (Å²) in [6.45, 7) is 7.07. The standard InChI is InChI=1S/C26H30N8O2/c1-17-15-18(2)33(30-17)23-13-12-22(28-29-23)32-14-8-9-20(16-32)25(35)27-24-19(3)31(4)34(26(24)36)21-10-6-5-7-11-21/h5-7,10-13,15,20H,8-9,14,16H2,1-4H3,(H,27,35). The molecule has 0 bridgehead atoms. The Morgan fingerprint density at radius 3 is 2.42 bits per heavy atom. The molecule has 186 valence electrons. The summed E-state index contributed by atoms with van der Waals surface area (Å²) in [5, 5.41) is 16.2. The molecule has 4 aromatic rings. The second-order valence-electron chi connectivity index (χ2n) is 9.30. The first-order chi connectivity index (χ1) is 17.3. The number of hydrogen-bond acceptors (Lipinski definition) is 6. The van der Waals surface area contributed by atoms with Gasteiger partial charge in [-0.1, -0.05) is 18.2 Å². The molecule has 1 N–H and O–H groups in total. The molecule has 1 saturated heterocycles. The highest BCUT2D eigenvalue weighted by Crippen LogP contribution is 2.24. The number of piperidine rings is 1. The molecule has 1 aliphatic rings. The smallest absolute Gasteiger partial charge is 0.295 e. The fourth-order valence-electron chi connectivity index (χ4n) is 4.80. The van der Waals surface area contributed by atoms with E-state index in [1.165, 1.54) is 0 Å². The van der Waals surface area contributed by atoms with E-state index in [1.54, 1.807) is 14.0 Å². The lowest BCUT2D eigenvalue weighted by molar-refractivity contribution is -0.120. The van der Waals surface area contributed by atoms with E-state index in [1.807, 2.05) is 76.3 Å². The van der Waals surface area contributed by atoms with E-state index < -0.39 is 0 Å². The van der Waals surface area contributed by atoms with Crippen molar-refractivity contribution < 1.29 is 4.79 Å². The van der Waals surface area contributed by atoms with Crippen LogP contribution in [0.2, 0.25) is 0 Å². The summed E-state index contributed by atoms with van der Waals surface area (Å²) in [4.78, 5) is 28.5. The van der Waals surface area contributed by atoms with Gasteiger partial charge in [0.2, 0.25) is 5.91 Å². The van der Waals surface area contributed by atoms with Crippen molar-refractivity contribution in [3.05, 3.63) is 76.0 Å². The van der Waals surface area contributed by atoms with Gasteiger partial charge in [0.05, 0.1) is 23.0 Å². The first-order valence-corrected chi connectivity index (χ1v) is 12.1. The maximum absolute atomic E-state index is 13.2. The number of rotatable bonds is 5. The van der Waals surface area contributed by atoms with Gasteiger partial charge in [-0.3, -0.25) is 14.3 Å². The number of nitrogens with zero attached hydrogens (tertiary/aromatic N) is 7. The van der Waals surface area contributed by atoms with E-state index in [0.717, 1.165) is 42.3 Å². The van der Waals surface area contributed by atoms with Gasteiger partial charge in [0.1, 0.15) is 5.69 Å². The van der Waals surface area contributed by atoms with Crippen LogP contribution in [0.3, 0.4) is 0 Å². The first kappa shape index (κ1) is 23.5. The van der Waals surface area contributed by atoms with Gasteiger partial charge >= 0.3 is 0 Å². The lowest BCUT2D eigenvalue weighted by Gasteiger charge is -2.32.